The second-order valence-electron chi connectivity index (χ2n) is 6.39. The molecule has 6 nitrogen and oxygen atoms in total. The molecule has 0 aliphatic carbocycles. The molecule has 2 heterocycles. The molecule has 0 aliphatic rings. The van der Waals surface area contributed by atoms with Crippen LogP contribution in [-0.4, -0.2) is 20.3 Å². The Balaban J connectivity index is 1.43. The zero-order chi connectivity index (χ0) is 18.6. The van der Waals surface area contributed by atoms with Gasteiger partial charge in [-0.05, 0) is 29.8 Å². The summed E-state index contributed by atoms with van der Waals surface area (Å²) in [6.07, 6.45) is 5.30. The van der Waals surface area contributed by atoms with Crippen LogP contribution in [0.15, 0.2) is 73.2 Å². The average Bonchev–Trinajstić information content (AvgIpc) is 3.26. The summed E-state index contributed by atoms with van der Waals surface area (Å²) < 4.78 is 9.44. The van der Waals surface area contributed by atoms with Crippen LogP contribution in [0.25, 0.3) is 10.9 Å². The largest absolute Gasteiger partial charge is 0.489 e. The van der Waals surface area contributed by atoms with Crippen LogP contribution in [0.4, 0.5) is 5.69 Å². The highest BCUT2D eigenvalue weighted by molar-refractivity contribution is 5.92. The van der Waals surface area contributed by atoms with Crippen LogP contribution in [-0.2, 0) is 25.0 Å². The van der Waals surface area contributed by atoms with Crippen LogP contribution in [0, 0.1) is 0 Å². The van der Waals surface area contributed by atoms with Gasteiger partial charge in [0.05, 0.1) is 11.9 Å². The number of carbonyl (C=O) groups excluding carboxylic acids is 1. The van der Waals surface area contributed by atoms with Gasteiger partial charge < -0.3 is 14.6 Å². The Morgan fingerprint density at radius 1 is 1.15 bits per heavy atom. The van der Waals surface area contributed by atoms with Crippen LogP contribution < -0.4 is 10.1 Å². The van der Waals surface area contributed by atoms with Gasteiger partial charge in [-0.25, -0.2) is 0 Å². The molecule has 27 heavy (non-hydrogen) atoms. The predicted octanol–water partition coefficient (Wildman–Crippen LogP) is 3.59. The molecule has 2 aromatic carbocycles. The number of aryl methyl sites for hydroxylation is 1. The molecule has 0 radical (unpaired) electrons. The SMILES string of the molecule is Cn1cc(NC(=O)Cn2ccc3cc(OCc4ccccc4)ccc32)cn1. The van der Waals surface area contributed by atoms with Crippen LogP contribution in [0.2, 0.25) is 0 Å². The first kappa shape index (κ1) is 16.9. The molecule has 0 spiro atoms. The summed E-state index contributed by atoms with van der Waals surface area (Å²) in [5.41, 5.74) is 2.81. The smallest absolute Gasteiger partial charge is 0.244 e. The molecular formula is C21H20N4O2. The van der Waals surface area contributed by atoms with Crippen LogP contribution in [0.3, 0.4) is 0 Å². The van der Waals surface area contributed by atoms with Crippen molar-refractivity contribution in [3.05, 3.63) is 78.8 Å². The van der Waals surface area contributed by atoms with Crippen molar-refractivity contribution in [2.24, 2.45) is 7.05 Å². The molecule has 4 aromatic rings. The highest BCUT2D eigenvalue weighted by Gasteiger charge is 2.08. The minimum absolute atomic E-state index is 0.0927. The van der Waals surface area contributed by atoms with Crippen molar-refractivity contribution in [2.45, 2.75) is 13.2 Å². The van der Waals surface area contributed by atoms with E-state index >= 15 is 0 Å². The molecule has 0 saturated heterocycles. The van der Waals surface area contributed by atoms with Gasteiger partial charge in [0.15, 0.2) is 0 Å². The van der Waals surface area contributed by atoms with Gasteiger partial charge in [0.25, 0.3) is 0 Å². The summed E-state index contributed by atoms with van der Waals surface area (Å²) in [6, 6.07) is 18.0. The molecule has 0 atom stereocenters. The van der Waals surface area contributed by atoms with E-state index in [9.17, 15) is 4.79 Å². The standard InChI is InChI=1S/C21H20N4O2/c1-24-13-18(12-22-24)23-21(26)14-25-10-9-17-11-19(7-8-20(17)25)27-15-16-5-3-2-4-6-16/h2-13H,14-15H2,1H3,(H,23,26). The van der Waals surface area contributed by atoms with E-state index in [1.54, 1.807) is 17.1 Å². The third kappa shape index (κ3) is 4.00. The number of nitrogens with zero attached hydrogens (tertiary/aromatic N) is 3. The van der Waals surface area contributed by atoms with Gasteiger partial charge >= 0.3 is 0 Å². The van der Waals surface area contributed by atoms with Crippen LogP contribution in [0.1, 0.15) is 5.56 Å². The number of nitrogens with one attached hydrogen (secondary N) is 1. The van der Waals surface area contributed by atoms with E-state index in [2.05, 4.69) is 10.4 Å². The zero-order valence-electron chi connectivity index (χ0n) is 15.0. The van der Waals surface area contributed by atoms with Gasteiger partial charge in [-0.3, -0.25) is 9.48 Å². The normalized spacial score (nSPS) is 10.9. The lowest BCUT2D eigenvalue weighted by molar-refractivity contribution is -0.116. The van der Waals surface area contributed by atoms with Crippen LogP contribution in [0.5, 0.6) is 5.75 Å². The highest BCUT2D eigenvalue weighted by Crippen LogP contribution is 2.23. The van der Waals surface area contributed by atoms with Crippen molar-refractivity contribution < 1.29 is 9.53 Å². The van der Waals surface area contributed by atoms with Crippen LogP contribution >= 0.6 is 0 Å². The Morgan fingerprint density at radius 3 is 2.78 bits per heavy atom. The van der Waals surface area contributed by atoms with Gasteiger partial charge in [0, 0.05) is 30.3 Å². The molecule has 0 saturated carbocycles. The Hall–Kier alpha value is -3.54. The molecule has 4 rings (SSSR count). The number of carbonyl (C=O) groups is 1. The summed E-state index contributed by atoms with van der Waals surface area (Å²) in [4.78, 5) is 12.3. The average molecular weight is 360 g/mol. The van der Waals surface area contributed by atoms with Gasteiger partial charge in [-0.2, -0.15) is 5.10 Å². The summed E-state index contributed by atoms with van der Waals surface area (Å²) >= 11 is 0. The van der Waals surface area contributed by atoms with Gasteiger partial charge in [0.2, 0.25) is 5.91 Å². The third-order valence-electron chi connectivity index (χ3n) is 4.29. The fraction of sp³-hybridized carbons (Fsp3) is 0.143. The third-order valence-corrected chi connectivity index (χ3v) is 4.29. The van der Waals surface area contributed by atoms with Crippen molar-refractivity contribution >= 4 is 22.5 Å². The number of benzene rings is 2. The Morgan fingerprint density at radius 2 is 2.00 bits per heavy atom. The van der Waals surface area contributed by atoms with E-state index in [0.29, 0.717) is 12.3 Å². The van der Waals surface area contributed by atoms with Crippen molar-refractivity contribution in [1.29, 1.82) is 0 Å². The van der Waals surface area contributed by atoms with E-state index in [1.165, 1.54) is 0 Å². The number of fused-ring (bicyclic) bond motifs is 1. The van der Waals surface area contributed by atoms with Gasteiger partial charge in [0.1, 0.15) is 18.9 Å². The Kier molecular flexibility index (Phi) is 4.61. The Bertz CT molecular complexity index is 1070. The maximum Gasteiger partial charge on any atom is 0.244 e. The predicted molar refractivity (Wildman–Crippen MR) is 105 cm³/mol. The molecule has 0 unspecified atom stereocenters. The molecule has 0 aliphatic heterocycles. The molecular weight excluding hydrogens is 340 g/mol. The lowest BCUT2D eigenvalue weighted by atomic mass is 10.2. The van der Waals surface area contributed by atoms with E-state index < -0.39 is 0 Å². The fourth-order valence-corrected chi connectivity index (χ4v) is 2.99. The number of rotatable bonds is 6. The highest BCUT2D eigenvalue weighted by atomic mass is 16.5. The second-order valence-corrected chi connectivity index (χ2v) is 6.39. The number of ether oxygens (including phenoxy) is 1. The van der Waals surface area contributed by atoms with E-state index in [0.717, 1.165) is 22.2 Å². The number of hydrogen-bond donors (Lipinski definition) is 1. The number of aromatic nitrogens is 3. The number of amides is 1. The molecule has 0 fully saturated rings. The van der Waals surface area contributed by atoms with E-state index in [4.69, 9.17) is 4.74 Å². The summed E-state index contributed by atoms with van der Waals surface area (Å²) in [5, 5.41) is 7.93. The lowest BCUT2D eigenvalue weighted by Crippen LogP contribution is -2.17. The van der Waals surface area contributed by atoms with E-state index in [1.807, 2.05) is 72.4 Å². The number of anilines is 1. The molecule has 1 amide bonds. The number of hydrogen-bond acceptors (Lipinski definition) is 3. The lowest BCUT2D eigenvalue weighted by Gasteiger charge is -2.08. The minimum Gasteiger partial charge on any atom is -0.489 e. The molecule has 6 heteroatoms. The molecule has 0 bridgehead atoms. The second kappa shape index (κ2) is 7.37. The summed E-state index contributed by atoms with van der Waals surface area (Å²) in [5.74, 6) is 0.716. The zero-order valence-corrected chi connectivity index (χ0v) is 15.0. The maximum atomic E-state index is 12.3. The monoisotopic (exact) mass is 360 g/mol. The fourth-order valence-electron chi connectivity index (χ4n) is 2.99. The molecule has 136 valence electrons. The maximum absolute atomic E-state index is 12.3. The first-order chi connectivity index (χ1) is 13.2. The van der Waals surface area contributed by atoms with Gasteiger partial charge in [-0.1, -0.05) is 30.3 Å². The first-order valence-electron chi connectivity index (χ1n) is 8.71. The molecule has 2 aromatic heterocycles. The van der Waals surface area contributed by atoms with E-state index in [-0.39, 0.29) is 12.5 Å². The van der Waals surface area contributed by atoms with Crippen molar-refractivity contribution in [2.75, 3.05) is 5.32 Å². The Labute approximate surface area is 157 Å². The summed E-state index contributed by atoms with van der Waals surface area (Å²) in [7, 11) is 1.81. The first-order valence-corrected chi connectivity index (χ1v) is 8.71. The van der Waals surface area contributed by atoms with Gasteiger partial charge in [-0.15, -0.1) is 0 Å². The van der Waals surface area contributed by atoms with Crippen molar-refractivity contribution in [3.63, 3.8) is 0 Å². The topological polar surface area (TPSA) is 61.1 Å². The minimum atomic E-state index is -0.0927. The quantitative estimate of drug-likeness (QED) is 0.572. The summed E-state index contributed by atoms with van der Waals surface area (Å²) in [6.45, 7) is 0.767. The molecule has 1 N–H and O–H groups in total. The van der Waals surface area contributed by atoms with Crippen molar-refractivity contribution in [1.82, 2.24) is 14.3 Å². The van der Waals surface area contributed by atoms with Crippen molar-refractivity contribution in [3.8, 4) is 5.75 Å².